The Kier molecular flexibility index (Phi) is 7.68. The van der Waals surface area contributed by atoms with Crippen molar-refractivity contribution in [3.63, 3.8) is 0 Å². The Bertz CT molecular complexity index is 1790. The zero-order chi connectivity index (χ0) is 31.3. The van der Waals surface area contributed by atoms with Crippen LogP contribution in [0.15, 0.2) is 42.5 Å². The molecule has 1 saturated carbocycles. The van der Waals surface area contributed by atoms with Crippen molar-refractivity contribution >= 4 is 27.5 Å². The van der Waals surface area contributed by atoms with Crippen molar-refractivity contribution in [3.8, 4) is 35.2 Å². The fourth-order valence-corrected chi connectivity index (χ4v) is 7.39. The summed E-state index contributed by atoms with van der Waals surface area (Å²) in [6, 6.07) is 11.5. The van der Waals surface area contributed by atoms with E-state index >= 15 is 4.39 Å². The number of ether oxygens (including phenoxy) is 1. The van der Waals surface area contributed by atoms with Gasteiger partial charge in [-0.2, -0.15) is 9.97 Å². The Balaban J connectivity index is 1.34. The summed E-state index contributed by atoms with van der Waals surface area (Å²) in [6.07, 6.45) is 7.55. The lowest BCUT2D eigenvalue weighted by Gasteiger charge is -2.38. The second kappa shape index (κ2) is 11.7. The van der Waals surface area contributed by atoms with Gasteiger partial charge in [0.2, 0.25) is 0 Å². The molecule has 7 rings (SSSR count). The van der Waals surface area contributed by atoms with Gasteiger partial charge in [0, 0.05) is 53.4 Å². The molecule has 2 unspecified atom stereocenters. The minimum atomic E-state index is -2.75. The van der Waals surface area contributed by atoms with Crippen molar-refractivity contribution in [1.29, 1.82) is 0 Å². The van der Waals surface area contributed by atoms with Gasteiger partial charge in [0.1, 0.15) is 23.3 Å². The maximum atomic E-state index is 16.7. The summed E-state index contributed by atoms with van der Waals surface area (Å²) >= 11 is 0. The van der Waals surface area contributed by atoms with Gasteiger partial charge >= 0.3 is 6.01 Å². The standard InChI is InChI=1S/C35H34F4N4O2/c1-2-21-6-3-7-22-14-26(44)15-29(30(21)22)27-10-11-28-32(31(27)37)41-34(45-19-20-5-4-12-40-16-25(36)13-20)42-33(28)43-17-23-8-9-24(18-43)35(23,38)39/h1,3,6-7,10-11,14-15,20,23-25,40,44H,4-5,8-9,12-13,16-19H2/t20-,23?,24?,25-/m1/s1. The number of fused-ring (bicyclic) bond motifs is 4. The molecule has 3 aromatic carbocycles. The van der Waals surface area contributed by atoms with Crippen LogP contribution in [-0.4, -0.2) is 60.0 Å². The van der Waals surface area contributed by atoms with E-state index in [4.69, 9.17) is 11.2 Å². The van der Waals surface area contributed by atoms with E-state index in [2.05, 4.69) is 21.2 Å². The number of rotatable bonds is 5. The summed E-state index contributed by atoms with van der Waals surface area (Å²) in [5, 5.41) is 15.2. The van der Waals surface area contributed by atoms with E-state index in [9.17, 15) is 18.3 Å². The van der Waals surface area contributed by atoms with E-state index in [0.29, 0.717) is 58.9 Å². The second-order valence-electron chi connectivity index (χ2n) is 12.6. The first-order valence-electron chi connectivity index (χ1n) is 15.6. The number of phenolic OH excluding ortho intramolecular Hbond substituents is 1. The molecule has 45 heavy (non-hydrogen) atoms. The number of terminal acetylenes is 1. The molecule has 4 atom stereocenters. The molecule has 2 saturated heterocycles. The largest absolute Gasteiger partial charge is 0.508 e. The number of hydrogen-bond donors (Lipinski definition) is 2. The van der Waals surface area contributed by atoms with Crippen LogP contribution in [0, 0.1) is 35.9 Å². The summed E-state index contributed by atoms with van der Waals surface area (Å²) in [5.74, 6) is -2.21. The van der Waals surface area contributed by atoms with E-state index in [1.54, 1.807) is 41.3 Å². The highest BCUT2D eigenvalue weighted by Crippen LogP contribution is 2.50. The van der Waals surface area contributed by atoms with Crippen molar-refractivity contribution < 1.29 is 27.4 Å². The van der Waals surface area contributed by atoms with Crippen LogP contribution in [0.2, 0.25) is 0 Å². The fourth-order valence-electron chi connectivity index (χ4n) is 7.39. The summed E-state index contributed by atoms with van der Waals surface area (Å²) in [5.41, 5.74) is 1.07. The Labute approximate surface area is 258 Å². The lowest BCUT2D eigenvalue weighted by molar-refractivity contribution is -0.0830. The van der Waals surface area contributed by atoms with Gasteiger partial charge < -0.3 is 20.1 Å². The molecular formula is C35H34F4N4O2. The Morgan fingerprint density at radius 3 is 2.64 bits per heavy atom. The quantitative estimate of drug-likeness (QED) is 0.188. The van der Waals surface area contributed by atoms with Gasteiger partial charge in [-0.05, 0) is 79.8 Å². The highest BCUT2D eigenvalue weighted by Gasteiger charge is 2.56. The van der Waals surface area contributed by atoms with Crippen molar-refractivity contribution in [2.45, 2.75) is 44.2 Å². The van der Waals surface area contributed by atoms with Crippen molar-refractivity contribution in [1.82, 2.24) is 15.3 Å². The lowest BCUT2D eigenvalue weighted by atomic mass is 9.92. The number of nitrogens with one attached hydrogen (secondary N) is 1. The maximum absolute atomic E-state index is 16.7. The highest BCUT2D eigenvalue weighted by atomic mass is 19.3. The minimum Gasteiger partial charge on any atom is -0.508 e. The van der Waals surface area contributed by atoms with Crippen LogP contribution in [0.5, 0.6) is 11.8 Å². The predicted octanol–water partition coefficient (Wildman–Crippen LogP) is 6.86. The monoisotopic (exact) mass is 618 g/mol. The van der Waals surface area contributed by atoms with Gasteiger partial charge in [0.15, 0.2) is 5.82 Å². The molecule has 1 aromatic heterocycles. The number of aromatic hydroxyl groups is 1. The second-order valence-corrected chi connectivity index (χ2v) is 12.6. The van der Waals surface area contributed by atoms with Gasteiger partial charge in [-0.15, -0.1) is 6.42 Å². The van der Waals surface area contributed by atoms with Crippen LogP contribution >= 0.6 is 0 Å². The number of aromatic nitrogens is 2. The van der Waals surface area contributed by atoms with E-state index in [1.165, 1.54) is 6.07 Å². The van der Waals surface area contributed by atoms with E-state index in [-0.39, 0.29) is 55.0 Å². The van der Waals surface area contributed by atoms with Gasteiger partial charge in [0.25, 0.3) is 5.92 Å². The topological polar surface area (TPSA) is 70.5 Å². The summed E-state index contributed by atoms with van der Waals surface area (Å²) in [6.45, 7) is 1.32. The third-order valence-electron chi connectivity index (χ3n) is 9.68. The molecular weight excluding hydrogens is 584 g/mol. The number of nitrogens with zero attached hydrogens (tertiary/aromatic N) is 3. The van der Waals surface area contributed by atoms with Gasteiger partial charge in [0.05, 0.1) is 6.61 Å². The summed E-state index contributed by atoms with van der Waals surface area (Å²) in [4.78, 5) is 11.0. The first kappa shape index (κ1) is 29.6. The molecule has 234 valence electrons. The molecule has 3 aliphatic rings. The molecule has 1 aliphatic carbocycles. The van der Waals surface area contributed by atoms with E-state index in [0.717, 1.165) is 12.8 Å². The fraction of sp³-hybridized carbons (Fsp3) is 0.429. The lowest BCUT2D eigenvalue weighted by Crippen LogP contribution is -2.49. The van der Waals surface area contributed by atoms with E-state index < -0.39 is 29.7 Å². The molecule has 6 nitrogen and oxygen atoms in total. The van der Waals surface area contributed by atoms with Crippen LogP contribution in [0.1, 0.15) is 37.7 Å². The first-order valence-corrected chi connectivity index (χ1v) is 15.6. The number of phenols is 1. The number of piperidine rings is 1. The predicted molar refractivity (Wildman–Crippen MR) is 166 cm³/mol. The average molecular weight is 619 g/mol. The zero-order valence-corrected chi connectivity index (χ0v) is 24.7. The SMILES string of the molecule is C#Cc1cccc2cc(O)cc(-c3ccc4c(N5CC6CCC(C5)C6(F)F)nc(OC[C@@H]5CCCNC[C@H](F)C5)nc4c3F)c12. The molecule has 0 spiro atoms. The van der Waals surface area contributed by atoms with Crippen LogP contribution in [-0.2, 0) is 0 Å². The normalized spacial score (nSPS) is 24.7. The van der Waals surface area contributed by atoms with Crippen LogP contribution in [0.3, 0.4) is 0 Å². The summed E-state index contributed by atoms with van der Waals surface area (Å²) in [7, 11) is 0. The molecule has 4 aromatic rings. The Hall–Kier alpha value is -4.10. The van der Waals surface area contributed by atoms with Crippen LogP contribution < -0.4 is 15.0 Å². The Morgan fingerprint density at radius 1 is 1.07 bits per heavy atom. The van der Waals surface area contributed by atoms with Crippen LogP contribution in [0.4, 0.5) is 23.4 Å². The minimum absolute atomic E-state index is 0.0305. The third-order valence-corrected chi connectivity index (χ3v) is 9.68. The maximum Gasteiger partial charge on any atom is 0.319 e. The Morgan fingerprint density at radius 2 is 1.87 bits per heavy atom. The van der Waals surface area contributed by atoms with Crippen molar-refractivity contribution in [2.24, 2.45) is 17.8 Å². The number of anilines is 1. The molecule has 3 fully saturated rings. The number of halogens is 4. The molecule has 2 aliphatic heterocycles. The van der Waals surface area contributed by atoms with Crippen molar-refractivity contribution in [3.05, 3.63) is 53.8 Å². The smallest absolute Gasteiger partial charge is 0.319 e. The molecule has 2 N–H and O–H groups in total. The van der Waals surface area contributed by atoms with Crippen LogP contribution in [0.25, 0.3) is 32.8 Å². The molecule has 10 heteroatoms. The zero-order valence-electron chi connectivity index (χ0n) is 24.7. The molecule has 0 amide bonds. The van der Waals surface area contributed by atoms with Gasteiger partial charge in [-0.1, -0.05) is 24.1 Å². The van der Waals surface area contributed by atoms with Crippen molar-refractivity contribution in [2.75, 3.05) is 37.7 Å². The third kappa shape index (κ3) is 5.41. The number of benzene rings is 3. The average Bonchev–Trinajstić information content (AvgIpc) is 3.16. The highest BCUT2D eigenvalue weighted by molar-refractivity contribution is 6.04. The van der Waals surface area contributed by atoms with Gasteiger partial charge in [-0.3, -0.25) is 0 Å². The van der Waals surface area contributed by atoms with Gasteiger partial charge in [-0.25, -0.2) is 17.6 Å². The molecule has 3 heterocycles. The van der Waals surface area contributed by atoms with E-state index in [1.807, 2.05) is 0 Å². The molecule has 2 bridgehead atoms. The number of alkyl halides is 3. The number of hydrogen-bond acceptors (Lipinski definition) is 6. The summed E-state index contributed by atoms with van der Waals surface area (Å²) < 4.78 is 66.9. The first-order chi connectivity index (χ1) is 21.7. The molecule has 0 radical (unpaired) electrons.